The van der Waals surface area contributed by atoms with Gasteiger partial charge in [-0.3, -0.25) is 0 Å². The van der Waals surface area contributed by atoms with Crippen LogP contribution in [0.2, 0.25) is 10.0 Å². The third-order valence-corrected chi connectivity index (χ3v) is 4.73. The fourth-order valence-electron chi connectivity index (χ4n) is 2.70. The van der Waals surface area contributed by atoms with Crippen molar-refractivity contribution in [2.75, 3.05) is 48.8 Å². The van der Waals surface area contributed by atoms with E-state index in [9.17, 15) is 4.79 Å². The fraction of sp³-hybridized carbons (Fsp3) is 0.278. The van der Waals surface area contributed by atoms with E-state index < -0.39 is 0 Å². The molecule has 1 aliphatic heterocycles. The Balaban J connectivity index is 1.59. The van der Waals surface area contributed by atoms with Gasteiger partial charge in [0.1, 0.15) is 0 Å². The zero-order valence-electron chi connectivity index (χ0n) is 13.9. The average molecular weight is 379 g/mol. The van der Waals surface area contributed by atoms with Crippen LogP contribution in [-0.4, -0.2) is 44.2 Å². The summed E-state index contributed by atoms with van der Waals surface area (Å²) >= 11 is 12.0. The molecule has 1 saturated heterocycles. The second-order valence-electron chi connectivity index (χ2n) is 6.04. The molecule has 25 heavy (non-hydrogen) atoms. The van der Waals surface area contributed by atoms with E-state index >= 15 is 0 Å². The van der Waals surface area contributed by atoms with Gasteiger partial charge in [0.25, 0.3) is 0 Å². The number of likely N-dealkylation sites (N-methyl/N-ethyl adjacent to an activating group) is 1. The molecule has 2 N–H and O–H groups in total. The molecule has 132 valence electrons. The molecule has 1 heterocycles. The lowest BCUT2D eigenvalue weighted by atomic mass is 10.2. The molecule has 7 heteroatoms. The van der Waals surface area contributed by atoms with Crippen molar-refractivity contribution in [1.29, 1.82) is 0 Å². The summed E-state index contributed by atoms with van der Waals surface area (Å²) in [6.07, 6.45) is 0. The average Bonchev–Trinajstić information content (AvgIpc) is 2.59. The van der Waals surface area contributed by atoms with Gasteiger partial charge in [-0.25, -0.2) is 4.79 Å². The van der Waals surface area contributed by atoms with Crippen molar-refractivity contribution in [2.45, 2.75) is 0 Å². The monoisotopic (exact) mass is 378 g/mol. The summed E-state index contributed by atoms with van der Waals surface area (Å²) in [4.78, 5) is 16.8. The van der Waals surface area contributed by atoms with E-state index in [1.165, 1.54) is 0 Å². The number of benzene rings is 2. The van der Waals surface area contributed by atoms with Crippen LogP contribution >= 0.6 is 23.2 Å². The summed E-state index contributed by atoms with van der Waals surface area (Å²) in [5.74, 6) is 0. The molecule has 0 aliphatic carbocycles. The predicted octanol–water partition coefficient (Wildman–Crippen LogP) is 4.39. The Bertz CT molecular complexity index is 743. The highest BCUT2D eigenvalue weighted by molar-refractivity contribution is 6.35. The summed E-state index contributed by atoms with van der Waals surface area (Å²) in [5.41, 5.74) is 2.35. The summed E-state index contributed by atoms with van der Waals surface area (Å²) in [6.45, 7) is 4.14. The highest BCUT2D eigenvalue weighted by Crippen LogP contribution is 2.26. The van der Waals surface area contributed by atoms with Crippen LogP contribution in [0.3, 0.4) is 0 Å². The number of hydrogen-bond donors (Lipinski definition) is 2. The first-order chi connectivity index (χ1) is 12.0. The van der Waals surface area contributed by atoms with Gasteiger partial charge in [-0.1, -0.05) is 23.2 Å². The molecule has 2 amide bonds. The molecule has 0 spiro atoms. The van der Waals surface area contributed by atoms with Gasteiger partial charge in [0.05, 0.1) is 10.7 Å². The molecule has 2 aromatic carbocycles. The van der Waals surface area contributed by atoms with Crippen LogP contribution in [0, 0.1) is 0 Å². The number of amides is 2. The van der Waals surface area contributed by atoms with Crippen molar-refractivity contribution in [3.8, 4) is 0 Å². The summed E-state index contributed by atoms with van der Waals surface area (Å²) < 4.78 is 0. The molecule has 1 aliphatic rings. The van der Waals surface area contributed by atoms with Crippen LogP contribution in [-0.2, 0) is 0 Å². The molecule has 0 atom stereocenters. The standard InChI is InChI=1S/C18H20Cl2N4O/c1-23-8-10-24(11-9-23)15-5-3-14(4-6-15)21-18(25)22-17-12-13(19)2-7-16(17)20/h2-7,12H,8-11H2,1H3,(H2,21,22,25). The van der Waals surface area contributed by atoms with Crippen LogP contribution in [0.15, 0.2) is 42.5 Å². The first kappa shape index (κ1) is 17.9. The van der Waals surface area contributed by atoms with Gasteiger partial charge in [-0.15, -0.1) is 0 Å². The van der Waals surface area contributed by atoms with E-state index in [2.05, 4.69) is 27.5 Å². The van der Waals surface area contributed by atoms with Crippen molar-refractivity contribution in [3.63, 3.8) is 0 Å². The quantitative estimate of drug-likeness (QED) is 0.832. The Hall–Kier alpha value is -1.95. The third-order valence-electron chi connectivity index (χ3n) is 4.17. The molecule has 0 aromatic heterocycles. The minimum absolute atomic E-state index is 0.364. The Morgan fingerprint density at radius 3 is 2.32 bits per heavy atom. The van der Waals surface area contributed by atoms with Gasteiger partial charge in [0, 0.05) is 42.6 Å². The van der Waals surface area contributed by atoms with E-state index in [1.807, 2.05) is 24.3 Å². The Kier molecular flexibility index (Phi) is 5.68. The number of carbonyl (C=O) groups excluding carboxylic acids is 1. The Labute approximate surface area is 157 Å². The van der Waals surface area contributed by atoms with Crippen LogP contribution in [0.1, 0.15) is 0 Å². The molecular weight excluding hydrogens is 359 g/mol. The lowest BCUT2D eigenvalue weighted by Gasteiger charge is -2.34. The smallest absolute Gasteiger partial charge is 0.323 e. The number of anilines is 3. The fourth-order valence-corrected chi connectivity index (χ4v) is 3.04. The Morgan fingerprint density at radius 1 is 0.960 bits per heavy atom. The van der Waals surface area contributed by atoms with Crippen molar-refractivity contribution in [3.05, 3.63) is 52.5 Å². The zero-order chi connectivity index (χ0) is 17.8. The van der Waals surface area contributed by atoms with E-state index in [0.717, 1.165) is 31.9 Å². The van der Waals surface area contributed by atoms with Crippen LogP contribution in [0.5, 0.6) is 0 Å². The van der Waals surface area contributed by atoms with Gasteiger partial charge in [0.2, 0.25) is 0 Å². The molecule has 1 fully saturated rings. The van der Waals surface area contributed by atoms with E-state index in [4.69, 9.17) is 23.2 Å². The molecule has 3 rings (SSSR count). The molecule has 0 unspecified atom stereocenters. The largest absolute Gasteiger partial charge is 0.369 e. The Morgan fingerprint density at radius 2 is 1.64 bits per heavy atom. The maximum absolute atomic E-state index is 12.1. The number of piperazine rings is 1. The van der Waals surface area contributed by atoms with Gasteiger partial charge in [0.15, 0.2) is 0 Å². The number of carbonyl (C=O) groups is 1. The second kappa shape index (κ2) is 7.95. The molecular formula is C18H20Cl2N4O. The normalized spacial score (nSPS) is 15.1. The van der Waals surface area contributed by atoms with Crippen molar-refractivity contribution in [1.82, 2.24) is 4.90 Å². The number of nitrogens with zero attached hydrogens (tertiary/aromatic N) is 2. The first-order valence-corrected chi connectivity index (χ1v) is 8.83. The van der Waals surface area contributed by atoms with Crippen molar-refractivity contribution < 1.29 is 4.79 Å². The van der Waals surface area contributed by atoms with Crippen molar-refractivity contribution in [2.24, 2.45) is 0 Å². The summed E-state index contributed by atoms with van der Waals surface area (Å²) in [6, 6.07) is 12.4. The minimum atomic E-state index is -0.364. The number of urea groups is 1. The summed E-state index contributed by atoms with van der Waals surface area (Å²) in [7, 11) is 2.13. The van der Waals surface area contributed by atoms with Crippen LogP contribution in [0.25, 0.3) is 0 Å². The van der Waals surface area contributed by atoms with E-state index in [0.29, 0.717) is 21.4 Å². The zero-order valence-corrected chi connectivity index (χ0v) is 15.4. The first-order valence-electron chi connectivity index (χ1n) is 8.08. The molecule has 0 bridgehead atoms. The maximum Gasteiger partial charge on any atom is 0.323 e. The van der Waals surface area contributed by atoms with E-state index in [-0.39, 0.29) is 6.03 Å². The topological polar surface area (TPSA) is 47.6 Å². The lowest BCUT2D eigenvalue weighted by Crippen LogP contribution is -2.44. The summed E-state index contributed by atoms with van der Waals surface area (Å²) in [5, 5.41) is 6.44. The number of halogens is 2. The van der Waals surface area contributed by atoms with E-state index in [1.54, 1.807) is 18.2 Å². The minimum Gasteiger partial charge on any atom is -0.369 e. The number of rotatable bonds is 3. The highest BCUT2D eigenvalue weighted by atomic mass is 35.5. The van der Waals surface area contributed by atoms with Crippen LogP contribution in [0.4, 0.5) is 21.9 Å². The highest BCUT2D eigenvalue weighted by Gasteiger charge is 2.14. The van der Waals surface area contributed by atoms with Crippen molar-refractivity contribution >= 4 is 46.3 Å². The molecule has 5 nitrogen and oxygen atoms in total. The molecule has 0 radical (unpaired) electrons. The third kappa shape index (κ3) is 4.78. The number of hydrogen-bond acceptors (Lipinski definition) is 3. The molecule has 2 aromatic rings. The second-order valence-corrected chi connectivity index (χ2v) is 6.88. The van der Waals surface area contributed by atoms with Gasteiger partial charge < -0.3 is 20.4 Å². The van der Waals surface area contributed by atoms with Gasteiger partial charge >= 0.3 is 6.03 Å². The number of nitrogens with one attached hydrogen (secondary N) is 2. The maximum atomic E-state index is 12.1. The predicted molar refractivity (Wildman–Crippen MR) is 105 cm³/mol. The van der Waals surface area contributed by atoms with Gasteiger partial charge in [-0.05, 0) is 49.5 Å². The lowest BCUT2D eigenvalue weighted by molar-refractivity contribution is 0.262. The van der Waals surface area contributed by atoms with Crippen LogP contribution < -0.4 is 15.5 Å². The SMILES string of the molecule is CN1CCN(c2ccc(NC(=O)Nc3cc(Cl)ccc3Cl)cc2)CC1. The molecule has 0 saturated carbocycles. The van der Waals surface area contributed by atoms with Gasteiger partial charge in [-0.2, -0.15) is 0 Å².